The first-order valence-electron chi connectivity index (χ1n) is 9.86. The summed E-state index contributed by atoms with van der Waals surface area (Å²) in [6, 6.07) is 5.69. The van der Waals surface area contributed by atoms with Crippen LogP contribution in [0.1, 0.15) is 49.4 Å². The van der Waals surface area contributed by atoms with Crippen LogP contribution in [-0.4, -0.2) is 29.0 Å². The summed E-state index contributed by atoms with van der Waals surface area (Å²) >= 11 is 5.78. The lowest BCUT2D eigenvalue weighted by Gasteiger charge is -2.33. The largest absolute Gasteiger partial charge is 0.433 e. The van der Waals surface area contributed by atoms with Crippen molar-refractivity contribution >= 4 is 23.3 Å². The van der Waals surface area contributed by atoms with Crippen LogP contribution in [0, 0.1) is 5.92 Å². The van der Waals surface area contributed by atoms with Crippen molar-refractivity contribution in [3.63, 3.8) is 0 Å². The average Bonchev–Trinajstić information content (AvgIpc) is 2.72. The Morgan fingerprint density at radius 1 is 1.27 bits per heavy atom. The van der Waals surface area contributed by atoms with Crippen LogP contribution >= 0.6 is 11.6 Å². The summed E-state index contributed by atoms with van der Waals surface area (Å²) in [5, 5.41) is 3.15. The lowest BCUT2D eigenvalue weighted by molar-refractivity contribution is -0.141. The van der Waals surface area contributed by atoms with Gasteiger partial charge in [0.25, 0.3) is 0 Å². The van der Waals surface area contributed by atoms with Gasteiger partial charge >= 0.3 is 6.18 Å². The van der Waals surface area contributed by atoms with Crippen LogP contribution in [0.25, 0.3) is 0 Å². The van der Waals surface area contributed by atoms with Crippen molar-refractivity contribution in [1.82, 2.24) is 15.3 Å². The average molecular weight is 441 g/mol. The van der Waals surface area contributed by atoms with E-state index in [0.717, 1.165) is 18.9 Å². The van der Waals surface area contributed by atoms with Crippen molar-refractivity contribution in [3.05, 3.63) is 52.4 Å². The van der Waals surface area contributed by atoms with Gasteiger partial charge in [-0.1, -0.05) is 30.7 Å². The Kier molecular flexibility index (Phi) is 6.85. The van der Waals surface area contributed by atoms with Crippen LogP contribution in [0.3, 0.4) is 0 Å². The van der Waals surface area contributed by atoms with Crippen LogP contribution in [0.2, 0.25) is 5.15 Å². The number of anilines is 1. The molecule has 0 bridgehead atoms. The molecule has 0 aromatic carbocycles. The Morgan fingerprint density at radius 2 is 1.97 bits per heavy atom. The van der Waals surface area contributed by atoms with E-state index in [-0.39, 0.29) is 18.3 Å². The predicted octanol–water partition coefficient (Wildman–Crippen LogP) is 4.81. The highest BCUT2D eigenvalue weighted by Gasteiger charge is 2.34. The summed E-state index contributed by atoms with van der Waals surface area (Å²) in [7, 11) is 0. The molecule has 162 valence electrons. The molecule has 1 amide bonds. The fourth-order valence-corrected chi connectivity index (χ4v) is 3.51. The van der Waals surface area contributed by atoms with Gasteiger partial charge in [0.05, 0.1) is 5.92 Å². The number of rotatable bonds is 5. The van der Waals surface area contributed by atoms with E-state index in [2.05, 4.69) is 22.2 Å². The second-order valence-electron chi connectivity index (χ2n) is 7.70. The zero-order valence-electron chi connectivity index (χ0n) is 16.8. The molecule has 2 aromatic heterocycles. The van der Waals surface area contributed by atoms with Gasteiger partial charge < -0.3 is 10.2 Å². The fraction of sp³-hybridized carbons (Fsp3) is 0.476. The van der Waals surface area contributed by atoms with Gasteiger partial charge in [0, 0.05) is 31.4 Å². The molecular weight excluding hydrogens is 417 g/mol. The molecule has 9 heteroatoms. The molecule has 0 radical (unpaired) electrons. The third-order valence-corrected chi connectivity index (χ3v) is 5.65. The van der Waals surface area contributed by atoms with E-state index >= 15 is 0 Å². The van der Waals surface area contributed by atoms with Crippen molar-refractivity contribution in [2.24, 2.45) is 5.92 Å². The van der Waals surface area contributed by atoms with Crippen molar-refractivity contribution in [2.45, 2.75) is 45.3 Å². The zero-order chi connectivity index (χ0) is 21.9. The van der Waals surface area contributed by atoms with Gasteiger partial charge in [-0.15, -0.1) is 0 Å². The van der Waals surface area contributed by atoms with Crippen LogP contribution in [-0.2, 0) is 17.5 Å². The Hall–Kier alpha value is -2.35. The molecule has 30 heavy (non-hydrogen) atoms. The number of piperidine rings is 1. The molecule has 1 aliphatic rings. The minimum Gasteiger partial charge on any atom is -0.356 e. The molecule has 3 heterocycles. The number of hydrogen-bond acceptors (Lipinski definition) is 4. The molecule has 0 saturated carbocycles. The maximum atomic E-state index is 13.2. The molecule has 5 nitrogen and oxygen atoms in total. The SMILES string of the molecule is CC1CCN(c2nc(C(F)(F)F)ccc2CNC(=O)C(C)c2ccc(Cl)nc2)CC1. The highest BCUT2D eigenvalue weighted by atomic mass is 35.5. The first kappa shape index (κ1) is 22.3. The molecule has 0 aliphatic carbocycles. The molecular formula is C21H24ClF3N4O. The standard InChI is InChI=1S/C21H24ClF3N4O/c1-13-7-9-29(10-8-13)19-16(3-5-17(28-19)21(23,24)25)12-27-20(30)14(2)15-4-6-18(22)26-11-15/h3-6,11,13-14H,7-10,12H2,1-2H3,(H,27,30). The molecule has 2 aromatic rings. The number of hydrogen-bond donors (Lipinski definition) is 1. The predicted molar refractivity (Wildman–Crippen MR) is 109 cm³/mol. The van der Waals surface area contributed by atoms with Crippen LogP contribution in [0.4, 0.5) is 19.0 Å². The van der Waals surface area contributed by atoms with E-state index in [0.29, 0.717) is 35.3 Å². The summed E-state index contributed by atoms with van der Waals surface area (Å²) in [5.41, 5.74) is 0.340. The third kappa shape index (κ3) is 5.41. The number of nitrogens with zero attached hydrogens (tertiary/aromatic N) is 3. The molecule has 1 saturated heterocycles. The van der Waals surface area contributed by atoms with Crippen LogP contribution < -0.4 is 10.2 Å². The molecule has 1 unspecified atom stereocenters. The van der Waals surface area contributed by atoms with E-state index in [1.54, 1.807) is 19.1 Å². The lowest BCUT2D eigenvalue weighted by Crippen LogP contribution is -2.35. The van der Waals surface area contributed by atoms with E-state index in [4.69, 9.17) is 11.6 Å². The Labute approximate surface area is 178 Å². The maximum Gasteiger partial charge on any atom is 0.433 e. The molecule has 0 spiro atoms. The number of carbonyl (C=O) groups is 1. The minimum absolute atomic E-state index is 0.0940. The van der Waals surface area contributed by atoms with Crippen molar-refractivity contribution in [3.8, 4) is 0 Å². The number of halogens is 4. The molecule has 1 atom stereocenters. The summed E-state index contributed by atoms with van der Waals surface area (Å²) in [6.45, 7) is 5.24. The smallest absolute Gasteiger partial charge is 0.356 e. The minimum atomic E-state index is -4.52. The second kappa shape index (κ2) is 9.20. The highest BCUT2D eigenvalue weighted by Crippen LogP contribution is 2.32. The van der Waals surface area contributed by atoms with Gasteiger partial charge in [-0.2, -0.15) is 13.2 Å². The summed E-state index contributed by atoms with van der Waals surface area (Å²) in [6.07, 6.45) is -1.20. The van der Waals surface area contributed by atoms with Gasteiger partial charge in [-0.05, 0) is 43.4 Å². The topological polar surface area (TPSA) is 58.1 Å². The van der Waals surface area contributed by atoms with E-state index in [1.165, 1.54) is 12.3 Å². The summed E-state index contributed by atoms with van der Waals surface area (Å²) in [4.78, 5) is 22.3. The van der Waals surface area contributed by atoms with E-state index in [1.807, 2.05) is 4.90 Å². The zero-order valence-corrected chi connectivity index (χ0v) is 17.6. The monoisotopic (exact) mass is 440 g/mol. The molecule has 1 fully saturated rings. The second-order valence-corrected chi connectivity index (χ2v) is 8.09. The number of pyridine rings is 2. The first-order chi connectivity index (χ1) is 14.1. The van der Waals surface area contributed by atoms with E-state index < -0.39 is 17.8 Å². The fourth-order valence-electron chi connectivity index (χ4n) is 3.40. The molecule has 3 rings (SSSR count). The normalized spacial score (nSPS) is 16.4. The summed E-state index contributed by atoms with van der Waals surface area (Å²) in [5.74, 6) is 0.0931. The Bertz CT molecular complexity index is 881. The van der Waals surface area contributed by atoms with Crippen molar-refractivity contribution in [2.75, 3.05) is 18.0 Å². The summed E-state index contributed by atoms with van der Waals surface area (Å²) < 4.78 is 39.6. The number of nitrogens with one attached hydrogen (secondary N) is 1. The molecule has 1 aliphatic heterocycles. The van der Waals surface area contributed by atoms with Crippen LogP contribution in [0.15, 0.2) is 30.5 Å². The highest BCUT2D eigenvalue weighted by molar-refractivity contribution is 6.29. The van der Waals surface area contributed by atoms with Crippen LogP contribution in [0.5, 0.6) is 0 Å². The van der Waals surface area contributed by atoms with Crippen molar-refractivity contribution in [1.29, 1.82) is 0 Å². The van der Waals surface area contributed by atoms with Gasteiger partial charge in [0.1, 0.15) is 16.7 Å². The number of carbonyl (C=O) groups excluding carboxylic acids is 1. The molecule has 1 N–H and O–H groups in total. The Balaban J connectivity index is 1.77. The van der Waals surface area contributed by atoms with Crippen molar-refractivity contribution < 1.29 is 18.0 Å². The van der Waals surface area contributed by atoms with Gasteiger partial charge in [0.2, 0.25) is 5.91 Å². The van der Waals surface area contributed by atoms with E-state index in [9.17, 15) is 18.0 Å². The number of amides is 1. The quantitative estimate of drug-likeness (QED) is 0.678. The van der Waals surface area contributed by atoms with Gasteiger partial charge in [0.15, 0.2) is 0 Å². The number of aromatic nitrogens is 2. The van der Waals surface area contributed by atoms with Gasteiger partial charge in [-0.3, -0.25) is 4.79 Å². The van der Waals surface area contributed by atoms with Gasteiger partial charge in [-0.25, -0.2) is 9.97 Å². The lowest BCUT2D eigenvalue weighted by atomic mass is 9.99. The Morgan fingerprint density at radius 3 is 2.57 bits per heavy atom. The first-order valence-corrected chi connectivity index (χ1v) is 10.2. The number of alkyl halides is 3. The maximum absolute atomic E-state index is 13.2. The third-order valence-electron chi connectivity index (χ3n) is 5.43.